The molecule has 21 heavy (non-hydrogen) atoms. The lowest BCUT2D eigenvalue weighted by molar-refractivity contribution is -0.156. The molecule has 11 heteroatoms. The van der Waals surface area contributed by atoms with Crippen molar-refractivity contribution in [1.29, 1.82) is 0 Å². The fourth-order valence-electron chi connectivity index (χ4n) is 2.05. The van der Waals surface area contributed by atoms with Gasteiger partial charge < -0.3 is 18.9 Å². The molecule has 0 spiro atoms. The Labute approximate surface area is 133 Å². The maximum absolute atomic E-state index is 10.9. The zero-order valence-corrected chi connectivity index (χ0v) is 12.5. The van der Waals surface area contributed by atoms with E-state index in [-0.39, 0.29) is 19.3 Å². The summed E-state index contributed by atoms with van der Waals surface area (Å²) in [6, 6.07) is 0. The minimum absolute atomic E-state index is 0.0254. The van der Waals surface area contributed by atoms with Gasteiger partial charge in [-0.3, -0.25) is 4.79 Å². The zero-order chi connectivity index (χ0) is 16.0. The molecule has 0 aromatic rings. The third kappa shape index (κ3) is 5.94. The first-order valence-corrected chi connectivity index (χ1v) is 6.64. The molecule has 118 valence electrons. The summed E-state index contributed by atoms with van der Waals surface area (Å²) in [5.41, 5.74) is -3.46. The van der Waals surface area contributed by atoms with Crippen LogP contribution in [0.3, 0.4) is 0 Å². The van der Waals surface area contributed by atoms with Crippen LogP contribution in [0.2, 0.25) is 0 Å². The lowest BCUT2D eigenvalue weighted by atomic mass is 9.89. The quantitative estimate of drug-likeness (QED) is 0.417. The summed E-state index contributed by atoms with van der Waals surface area (Å²) >= 11 is 15.3. The first kappa shape index (κ1) is 17.8. The Morgan fingerprint density at radius 2 is 1.38 bits per heavy atom. The van der Waals surface area contributed by atoms with Crippen LogP contribution in [-0.2, 0) is 23.7 Å². The van der Waals surface area contributed by atoms with Crippen LogP contribution in [0, 0.1) is 0 Å². The van der Waals surface area contributed by atoms with Crippen LogP contribution in [0.4, 0.5) is 14.4 Å². The van der Waals surface area contributed by atoms with E-state index in [0.717, 1.165) is 0 Å². The summed E-state index contributed by atoms with van der Waals surface area (Å²) in [6.07, 6.45) is -4.29. The lowest BCUT2D eigenvalue weighted by Crippen LogP contribution is -2.51. The second kappa shape index (κ2) is 8.26. The van der Waals surface area contributed by atoms with Gasteiger partial charge in [0.2, 0.25) is 0 Å². The molecule has 0 saturated heterocycles. The largest absolute Gasteiger partial charge is 0.460 e. The highest BCUT2D eigenvalue weighted by Crippen LogP contribution is 2.30. The second-order valence-corrected chi connectivity index (χ2v) is 4.86. The zero-order valence-electron chi connectivity index (χ0n) is 10.2. The first-order chi connectivity index (χ1) is 9.83. The van der Waals surface area contributed by atoms with Crippen molar-refractivity contribution < 1.29 is 38.1 Å². The summed E-state index contributed by atoms with van der Waals surface area (Å²) in [7, 11) is 0. The summed E-state index contributed by atoms with van der Waals surface area (Å²) in [6.45, 7) is 0.101. The van der Waals surface area contributed by atoms with Gasteiger partial charge in [0, 0.05) is 47.6 Å². The smallest absolute Gasteiger partial charge is 0.404 e. The molecule has 0 heterocycles. The number of ether oxygens (including phenoxy) is 4. The van der Waals surface area contributed by atoms with Crippen molar-refractivity contribution in [1.82, 2.24) is 0 Å². The normalized spacial score (nSPS) is 28.1. The Bertz CT molecular complexity index is 429. The van der Waals surface area contributed by atoms with Crippen LogP contribution in [0.1, 0.15) is 12.8 Å². The number of hydrogen-bond donors (Lipinski definition) is 0. The van der Waals surface area contributed by atoms with E-state index in [4.69, 9.17) is 53.8 Å². The van der Waals surface area contributed by atoms with E-state index >= 15 is 0 Å². The van der Waals surface area contributed by atoms with Gasteiger partial charge in [0.05, 0.1) is 0 Å². The molecule has 1 saturated carbocycles. The Kier molecular flexibility index (Phi) is 7.00. The summed E-state index contributed by atoms with van der Waals surface area (Å²) in [5, 5.41) is 0. The van der Waals surface area contributed by atoms with Crippen LogP contribution < -0.4 is 0 Å². The van der Waals surface area contributed by atoms with Crippen LogP contribution in [0.25, 0.3) is 0 Å². The molecule has 8 nitrogen and oxygen atoms in total. The van der Waals surface area contributed by atoms with Gasteiger partial charge in [0.25, 0.3) is 6.47 Å². The molecule has 0 N–H and O–H groups in total. The van der Waals surface area contributed by atoms with Crippen LogP contribution in [0.15, 0.2) is 0 Å². The van der Waals surface area contributed by atoms with Crippen molar-refractivity contribution in [2.24, 2.45) is 0 Å². The third-order valence-electron chi connectivity index (χ3n) is 2.69. The van der Waals surface area contributed by atoms with Crippen molar-refractivity contribution in [3.05, 3.63) is 0 Å². The van der Waals surface area contributed by atoms with E-state index in [1.54, 1.807) is 0 Å². The maximum atomic E-state index is 10.9. The fourth-order valence-corrected chi connectivity index (χ4v) is 2.39. The van der Waals surface area contributed by atoms with Gasteiger partial charge in [-0.25, -0.2) is 14.4 Å². The number of halogens is 3. The molecule has 1 unspecified atom stereocenters. The van der Waals surface area contributed by atoms with Crippen LogP contribution in [-0.4, -0.2) is 47.2 Å². The molecule has 0 aromatic heterocycles. The molecule has 0 aliphatic heterocycles. The minimum Gasteiger partial charge on any atom is -0.460 e. The van der Waals surface area contributed by atoms with E-state index in [2.05, 4.69) is 0 Å². The average Bonchev–Trinajstić information content (AvgIpc) is 2.31. The van der Waals surface area contributed by atoms with Gasteiger partial charge in [0.15, 0.2) is 6.10 Å². The van der Waals surface area contributed by atoms with Crippen molar-refractivity contribution in [3.8, 4) is 0 Å². The highest BCUT2D eigenvalue weighted by Gasteiger charge is 2.45. The van der Waals surface area contributed by atoms with Gasteiger partial charge in [-0.1, -0.05) is 0 Å². The molecule has 1 aliphatic rings. The number of carbonyl (C=O) groups excluding carboxylic acids is 4. The van der Waals surface area contributed by atoms with Crippen molar-refractivity contribution in [2.75, 3.05) is 0 Å². The Hall–Kier alpha value is -1.25. The molecule has 1 fully saturated rings. The monoisotopic (exact) mass is 362 g/mol. The highest BCUT2D eigenvalue weighted by atomic mass is 35.5. The predicted molar refractivity (Wildman–Crippen MR) is 68.5 cm³/mol. The van der Waals surface area contributed by atoms with Gasteiger partial charge in [0.1, 0.15) is 18.3 Å². The summed E-state index contributed by atoms with van der Waals surface area (Å²) < 4.78 is 19.0. The fraction of sp³-hybridized carbons (Fsp3) is 0.600. The average molecular weight is 364 g/mol. The van der Waals surface area contributed by atoms with Gasteiger partial charge in [-0.05, 0) is 0 Å². The Balaban J connectivity index is 2.92. The summed E-state index contributed by atoms with van der Waals surface area (Å²) in [5.74, 6) is 0. The van der Waals surface area contributed by atoms with Gasteiger partial charge >= 0.3 is 16.3 Å². The predicted octanol–water partition coefficient (Wildman–Crippen LogP) is 2.55. The number of rotatable bonds is 5. The topological polar surface area (TPSA) is 105 Å². The molecule has 4 atom stereocenters. The van der Waals surface area contributed by atoms with Crippen LogP contribution >= 0.6 is 34.8 Å². The molecule has 1 aliphatic carbocycles. The molecule has 1 rings (SSSR count). The molecule has 0 bridgehead atoms. The second-order valence-electron chi connectivity index (χ2n) is 3.93. The molecule has 0 amide bonds. The highest BCUT2D eigenvalue weighted by molar-refractivity contribution is 6.61. The van der Waals surface area contributed by atoms with E-state index in [9.17, 15) is 19.2 Å². The van der Waals surface area contributed by atoms with E-state index in [1.807, 2.05) is 0 Å². The van der Waals surface area contributed by atoms with E-state index in [1.165, 1.54) is 0 Å². The molecule has 0 radical (unpaired) electrons. The number of hydrogen-bond acceptors (Lipinski definition) is 8. The molecule has 0 aromatic carbocycles. The number of carbonyl (C=O) groups is 4. The molecular weight excluding hydrogens is 354 g/mol. The first-order valence-electron chi connectivity index (χ1n) is 5.51. The maximum Gasteiger partial charge on any atom is 0.404 e. The van der Waals surface area contributed by atoms with Crippen molar-refractivity contribution >= 4 is 57.6 Å². The third-order valence-corrected chi connectivity index (χ3v) is 2.95. The minimum atomic E-state index is -1.19. The van der Waals surface area contributed by atoms with E-state index in [0.29, 0.717) is 0 Å². The standard InChI is InChI=1S/C10H9Cl3O8/c11-8(15)19-4-1-5(18-3-14)7(21-10(13)17)6(2-4)20-9(12)16/h3-7H,1-2H2/t4-,5-,6?,7+/m1/s1. The summed E-state index contributed by atoms with van der Waals surface area (Å²) in [4.78, 5) is 43.0. The van der Waals surface area contributed by atoms with Gasteiger partial charge in [-0.15, -0.1) is 0 Å². The van der Waals surface area contributed by atoms with Crippen molar-refractivity contribution in [2.45, 2.75) is 37.3 Å². The SMILES string of the molecule is O=CO[C@@H]1C[C@@H](OC(=O)Cl)CC(OC(=O)Cl)[C@H]1OC(=O)Cl. The van der Waals surface area contributed by atoms with Crippen molar-refractivity contribution in [3.63, 3.8) is 0 Å². The Morgan fingerprint density at radius 3 is 1.86 bits per heavy atom. The molecular formula is C10H9Cl3O8. The van der Waals surface area contributed by atoms with Crippen LogP contribution in [0.5, 0.6) is 0 Å². The van der Waals surface area contributed by atoms with E-state index < -0.39 is 40.7 Å². The Morgan fingerprint density at radius 1 is 0.857 bits per heavy atom. The van der Waals surface area contributed by atoms with Gasteiger partial charge in [-0.2, -0.15) is 0 Å². The lowest BCUT2D eigenvalue weighted by Gasteiger charge is -2.37.